The molecule has 0 aromatic heterocycles. The van der Waals surface area contributed by atoms with Crippen molar-refractivity contribution < 1.29 is 0 Å². The van der Waals surface area contributed by atoms with Crippen molar-refractivity contribution in [2.45, 2.75) is 37.4 Å². The lowest BCUT2D eigenvalue weighted by atomic mass is 10.0. The molecule has 47 valence electrons. The van der Waals surface area contributed by atoms with Crippen molar-refractivity contribution >= 4 is 22.5 Å². The van der Waals surface area contributed by atoms with E-state index in [9.17, 15) is 0 Å². The lowest BCUT2D eigenvalue weighted by molar-refractivity contribution is 0.517. The Morgan fingerprint density at radius 3 is 2.12 bits per heavy atom. The lowest BCUT2D eigenvalue weighted by Gasteiger charge is -2.17. The Kier molecular flexibility index (Phi) is 3.13. The van der Waals surface area contributed by atoms with Crippen LogP contribution >= 0.6 is 22.5 Å². The van der Waals surface area contributed by atoms with E-state index in [4.69, 9.17) is 11.7 Å². The van der Waals surface area contributed by atoms with Crippen LogP contribution in [-0.4, -0.2) is 5.25 Å². The van der Waals surface area contributed by atoms with E-state index < -0.39 is 0 Å². The standard InChI is InChI=1S/C6H11S2/c7-8-6-4-2-1-3-5-6/h6H,1-5H2. The minimum atomic E-state index is 0.818. The molecule has 0 unspecified atom stereocenters. The predicted molar refractivity (Wildman–Crippen MR) is 42.1 cm³/mol. The van der Waals surface area contributed by atoms with Crippen molar-refractivity contribution in [1.82, 2.24) is 0 Å². The van der Waals surface area contributed by atoms with Crippen LogP contribution in [0.5, 0.6) is 0 Å². The molecule has 0 aromatic rings. The van der Waals surface area contributed by atoms with Crippen LogP contribution in [0, 0.1) is 0 Å². The van der Waals surface area contributed by atoms with Crippen LogP contribution in [0.15, 0.2) is 0 Å². The molecule has 0 bridgehead atoms. The molecule has 1 saturated carbocycles. The summed E-state index contributed by atoms with van der Waals surface area (Å²) in [7, 11) is 1.63. The topological polar surface area (TPSA) is 0 Å². The van der Waals surface area contributed by atoms with E-state index in [0.29, 0.717) is 0 Å². The van der Waals surface area contributed by atoms with Gasteiger partial charge in [-0.05, 0) is 24.5 Å². The molecule has 1 fully saturated rings. The predicted octanol–water partition coefficient (Wildman–Crippen LogP) is 3.16. The zero-order valence-electron chi connectivity index (χ0n) is 4.93. The smallest absolute Gasteiger partial charge is 0.0159 e. The van der Waals surface area contributed by atoms with E-state index in [0.717, 1.165) is 5.25 Å². The van der Waals surface area contributed by atoms with Crippen molar-refractivity contribution in [1.29, 1.82) is 0 Å². The van der Waals surface area contributed by atoms with Gasteiger partial charge in [-0.2, -0.15) is 0 Å². The van der Waals surface area contributed by atoms with Gasteiger partial charge < -0.3 is 0 Å². The third-order valence-electron chi connectivity index (χ3n) is 1.69. The van der Waals surface area contributed by atoms with Gasteiger partial charge in [-0.25, -0.2) is 0 Å². The molecule has 0 aromatic carbocycles. The summed E-state index contributed by atoms with van der Waals surface area (Å²) in [6, 6.07) is 0. The molecule has 8 heavy (non-hydrogen) atoms. The first kappa shape index (κ1) is 6.81. The molecule has 0 N–H and O–H groups in total. The summed E-state index contributed by atoms with van der Waals surface area (Å²) < 4.78 is 0. The summed E-state index contributed by atoms with van der Waals surface area (Å²) in [5, 5.41) is 0.818. The first-order valence-electron chi connectivity index (χ1n) is 3.22. The third-order valence-corrected chi connectivity index (χ3v) is 3.25. The van der Waals surface area contributed by atoms with Gasteiger partial charge in [0.1, 0.15) is 0 Å². The van der Waals surface area contributed by atoms with Gasteiger partial charge in [0.25, 0.3) is 0 Å². The quantitative estimate of drug-likeness (QED) is 0.513. The summed E-state index contributed by atoms with van der Waals surface area (Å²) >= 11 is 4.89. The molecule has 1 aliphatic carbocycles. The molecule has 1 rings (SSSR count). The van der Waals surface area contributed by atoms with Crippen LogP contribution in [0.1, 0.15) is 32.1 Å². The summed E-state index contributed by atoms with van der Waals surface area (Å²) in [5.41, 5.74) is 0. The van der Waals surface area contributed by atoms with Crippen LogP contribution in [-0.2, 0) is 0 Å². The first-order valence-corrected chi connectivity index (χ1v) is 5.02. The maximum absolute atomic E-state index is 4.89. The molecule has 0 amide bonds. The van der Waals surface area contributed by atoms with E-state index in [1.165, 1.54) is 32.1 Å². The highest BCUT2D eigenvalue weighted by molar-refractivity contribution is 8.68. The molecule has 0 heterocycles. The van der Waals surface area contributed by atoms with E-state index in [-0.39, 0.29) is 0 Å². The first-order chi connectivity index (χ1) is 3.93. The second kappa shape index (κ2) is 3.67. The number of hydrogen-bond acceptors (Lipinski definition) is 1. The lowest BCUT2D eigenvalue weighted by Crippen LogP contribution is -2.05. The van der Waals surface area contributed by atoms with Gasteiger partial charge in [0.15, 0.2) is 0 Å². The second-order valence-electron chi connectivity index (χ2n) is 2.36. The van der Waals surface area contributed by atoms with Crippen LogP contribution in [0.2, 0.25) is 0 Å². The Morgan fingerprint density at radius 2 is 1.75 bits per heavy atom. The van der Waals surface area contributed by atoms with Gasteiger partial charge in [-0.3, -0.25) is 0 Å². The van der Waals surface area contributed by atoms with Gasteiger partial charge >= 0.3 is 0 Å². The van der Waals surface area contributed by atoms with E-state index in [2.05, 4.69) is 0 Å². The maximum atomic E-state index is 4.89. The third kappa shape index (κ3) is 1.90. The Bertz CT molecular complexity index is 57.5. The normalized spacial score (nSPS) is 23.6. The summed E-state index contributed by atoms with van der Waals surface area (Å²) in [6.45, 7) is 0. The minimum Gasteiger partial charge on any atom is -0.0783 e. The Hall–Kier alpha value is 0.700. The SMILES string of the molecule is [S]SC1CCCCC1. The molecule has 1 aliphatic rings. The van der Waals surface area contributed by atoms with Crippen molar-refractivity contribution in [3.8, 4) is 0 Å². The van der Waals surface area contributed by atoms with Crippen LogP contribution in [0.3, 0.4) is 0 Å². The zero-order chi connectivity index (χ0) is 5.82. The molecule has 0 atom stereocenters. The highest BCUT2D eigenvalue weighted by atomic mass is 33.1. The van der Waals surface area contributed by atoms with Gasteiger partial charge in [0.05, 0.1) is 0 Å². The minimum absolute atomic E-state index is 0.818. The van der Waals surface area contributed by atoms with Gasteiger partial charge in [0.2, 0.25) is 0 Å². The van der Waals surface area contributed by atoms with Crippen LogP contribution < -0.4 is 0 Å². The molecule has 0 spiro atoms. The van der Waals surface area contributed by atoms with Crippen molar-refractivity contribution in [2.24, 2.45) is 0 Å². The second-order valence-corrected chi connectivity index (χ2v) is 3.79. The average molecular weight is 147 g/mol. The number of hydrogen-bond donors (Lipinski definition) is 0. The Balaban J connectivity index is 2.13. The zero-order valence-corrected chi connectivity index (χ0v) is 6.56. The van der Waals surface area contributed by atoms with Crippen molar-refractivity contribution in [3.05, 3.63) is 0 Å². The average Bonchev–Trinajstić information content (AvgIpc) is 1.90. The maximum Gasteiger partial charge on any atom is 0.0159 e. The molecule has 0 nitrogen and oxygen atoms in total. The highest BCUT2D eigenvalue weighted by Crippen LogP contribution is 2.29. The van der Waals surface area contributed by atoms with Crippen LogP contribution in [0.4, 0.5) is 0 Å². The largest absolute Gasteiger partial charge is 0.0783 e. The molecule has 1 radical (unpaired) electrons. The molecular formula is C6H11S2. The Morgan fingerprint density at radius 1 is 1.12 bits per heavy atom. The molecular weight excluding hydrogens is 136 g/mol. The van der Waals surface area contributed by atoms with Gasteiger partial charge in [-0.1, -0.05) is 30.1 Å². The fourth-order valence-corrected chi connectivity index (χ4v) is 2.26. The van der Waals surface area contributed by atoms with E-state index >= 15 is 0 Å². The fraction of sp³-hybridized carbons (Fsp3) is 1.00. The summed E-state index contributed by atoms with van der Waals surface area (Å²) in [4.78, 5) is 0. The summed E-state index contributed by atoms with van der Waals surface area (Å²) in [5.74, 6) is 0. The molecule has 2 heteroatoms. The number of rotatable bonds is 1. The molecule has 0 aliphatic heterocycles. The van der Waals surface area contributed by atoms with Crippen LogP contribution in [0.25, 0.3) is 0 Å². The highest BCUT2D eigenvalue weighted by Gasteiger charge is 2.11. The monoisotopic (exact) mass is 147 g/mol. The van der Waals surface area contributed by atoms with Crippen molar-refractivity contribution in [3.63, 3.8) is 0 Å². The fourth-order valence-electron chi connectivity index (χ4n) is 1.16. The summed E-state index contributed by atoms with van der Waals surface area (Å²) in [6.07, 6.45) is 7.00. The van der Waals surface area contributed by atoms with E-state index in [1.807, 2.05) is 0 Å². The van der Waals surface area contributed by atoms with Gasteiger partial charge in [0, 0.05) is 5.25 Å². The Labute approximate surface area is 60.2 Å². The van der Waals surface area contributed by atoms with E-state index in [1.54, 1.807) is 10.8 Å². The van der Waals surface area contributed by atoms with Gasteiger partial charge in [-0.15, -0.1) is 0 Å². The molecule has 0 saturated heterocycles. The van der Waals surface area contributed by atoms with Crippen molar-refractivity contribution in [2.75, 3.05) is 0 Å².